The van der Waals surface area contributed by atoms with E-state index < -0.39 is 11.9 Å². The summed E-state index contributed by atoms with van der Waals surface area (Å²) in [5, 5.41) is 12.3. The molecule has 0 aliphatic heterocycles. The molecule has 1 amide bonds. The molecule has 7 heteroatoms. The summed E-state index contributed by atoms with van der Waals surface area (Å²) in [4.78, 5) is 24.5. The van der Waals surface area contributed by atoms with Crippen LogP contribution in [0.4, 0.5) is 5.00 Å². The molecular formula is C19H18N2O4S. The normalized spacial score (nSPS) is 10.4. The Hall–Kier alpha value is -3.11. The van der Waals surface area contributed by atoms with Crippen LogP contribution in [0.5, 0.6) is 5.75 Å². The number of para-hydroxylation sites is 1. The van der Waals surface area contributed by atoms with Crippen molar-refractivity contribution in [1.29, 1.82) is 5.26 Å². The van der Waals surface area contributed by atoms with Crippen LogP contribution >= 0.6 is 11.3 Å². The summed E-state index contributed by atoms with van der Waals surface area (Å²) in [6, 6.07) is 9.30. The molecule has 0 fully saturated rings. The third-order valence-electron chi connectivity index (χ3n) is 3.51. The maximum Gasteiger partial charge on any atom is 0.348 e. The van der Waals surface area contributed by atoms with Gasteiger partial charge in [-0.05, 0) is 31.6 Å². The first-order chi connectivity index (χ1) is 12.5. The van der Waals surface area contributed by atoms with E-state index >= 15 is 0 Å². The lowest BCUT2D eigenvalue weighted by Gasteiger charge is -2.03. The predicted octanol–water partition coefficient (Wildman–Crippen LogP) is 3.77. The second kappa shape index (κ2) is 8.83. The van der Waals surface area contributed by atoms with Crippen LogP contribution in [0.25, 0.3) is 6.08 Å². The minimum Gasteiger partial charge on any atom is -0.496 e. The van der Waals surface area contributed by atoms with Crippen LogP contribution in [0.1, 0.15) is 33.3 Å². The van der Waals surface area contributed by atoms with E-state index in [1.807, 2.05) is 24.3 Å². The number of carbonyl (C=O) groups is 2. The highest BCUT2D eigenvalue weighted by molar-refractivity contribution is 7.18. The number of anilines is 1. The molecule has 0 spiro atoms. The maximum absolute atomic E-state index is 12.2. The lowest BCUT2D eigenvalue weighted by atomic mass is 10.1. The van der Waals surface area contributed by atoms with E-state index in [-0.39, 0.29) is 12.2 Å². The summed E-state index contributed by atoms with van der Waals surface area (Å²) in [5.41, 5.74) is 1.51. The number of rotatable bonds is 6. The van der Waals surface area contributed by atoms with Gasteiger partial charge in [0.15, 0.2) is 0 Å². The Bertz CT molecular complexity index is 893. The second-order valence-corrected chi connectivity index (χ2v) is 6.18. The van der Waals surface area contributed by atoms with E-state index in [9.17, 15) is 14.9 Å². The van der Waals surface area contributed by atoms with Gasteiger partial charge in [-0.15, -0.1) is 11.3 Å². The molecule has 26 heavy (non-hydrogen) atoms. The monoisotopic (exact) mass is 370 g/mol. The van der Waals surface area contributed by atoms with Crippen molar-refractivity contribution in [3.8, 4) is 11.8 Å². The molecule has 134 valence electrons. The van der Waals surface area contributed by atoms with Gasteiger partial charge in [0.05, 0.1) is 19.3 Å². The van der Waals surface area contributed by atoms with Crippen molar-refractivity contribution < 1.29 is 19.1 Å². The zero-order valence-electron chi connectivity index (χ0n) is 14.7. The Labute approximate surface area is 155 Å². The Balaban J connectivity index is 2.21. The molecule has 0 saturated carbocycles. The van der Waals surface area contributed by atoms with Crippen molar-refractivity contribution >= 4 is 34.3 Å². The van der Waals surface area contributed by atoms with E-state index in [1.54, 1.807) is 33.1 Å². The van der Waals surface area contributed by atoms with Crippen LogP contribution in [0.2, 0.25) is 0 Å². The molecule has 1 heterocycles. The number of nitrogens with one attached hydrogen (secondary N) is 1. The van der Waals surface area contributed by atoms with Gasteiger partial charge >= 0.3 is 5.97 Å². The number of nitrogens with zero attached hydrogens (tertiary/aromatic N) is 1. The van der Waals surface area contributed by atoms with Gasteiger partial charge in [0, 0.05) is 11.6 Å². The number of methoxy groups -OCH3 is 1. The first-order valence-corrected chi connectivity index (χ1v) is 8.66. The molecule has 0 radical (unpaired) electrons. The van der Waals surface area contributed by atoms with Gasteiger partial charge < -0.3 is 14.8 Å². The number of carbonyl (C=O) groups excluding carboxylic acids is 2. The molecule has 6 nitrogen and oxygen atoms in total. The van der Waals surface area contributed by atoms with E-state index in [0.717, 1.165) is 16.9 Å². The fourth-order valence-electron chi connectivity index (χ4n) is 2.25. The van der Waals surface area contributed by atoms with Gasteiger partial charge in [0.1, 0.15) is 21.7 Å². The number of benzene rings is 1. The largest absolute Gasteiger partial charge is 0.496 e. The van der Waals surface area contributed by atoms with E-state index in [0.29, 0.717) is 21.2 Å². The quantitative estimate of drug-likeness (QED) is 0.618. The molecule has 0 atom stereocenters. The Morgan fingerprint density at radius 3 is 2.73 bits per heavy atom. The van der Waals surface area contributed by atoms with Crippen LogP contribution in [0.3, 0.4) is 0 Å². The fourth-order valence-corrected chi connectivity index (χ4v) is 3.30. The highest BCUT2D eigenvalue weighted by Gasteiger charge is 2.21. The average Bonchev–Trinajstić information content (AvgIpc) is 2.95. The van der Waals surface area contributed by atoms with Crippen molar-refractivity contribution in [2.75, 3.05) is 19.0 Å². The summed E-state index contributed by atoms with van der Waals surface area (Å²) >= 11 is 1.03. The number of hydrogen-bond acceptors (Lipinski definition) is 6. The van der Waals surface area contributed by atoms with Crippen molar-refractivity contribution in [2.24, 2.45) is 0 Å². The van der Waals surface area contributed by atoms with Gasteiger partial charge in [0.25, 0.3) is 0 Å². The van der Waals surface area contributed by atoms with E-state index in [4.69, 9.17) is 9.47 Å². The Kier molecular flexibility index (Phi) is 6.53. The number of esters is 1. The summed E-state index contributed by atoms with van der Waals surface area (Å²) in [7, 11) is 1.55. The highest BCUT2D eigenvalue weighted by Crippen LogP contribution is 2.33. The lowest BCUT2D eigenvalue weighted by Crippen LogP contribution is -2.07. The molecule has 0 aliphatic rings. The van der Waals surface area contributed by atoms with Gasteiger partial charge in [-0.2, -0.15) is 5.26 Å². The number of hydrogen-bond donors (Lipinski definition) is 1. The van der Waals surface area contributed by atoms with Gasteiger partial charge in [-0.1, -0.05) is 18.2 Å². The molecule has 0 bridgehead atoms. The van der Waals surface area contributed by atoms with Crippen molar-refractivity contribution in [3.05, 3.63) is 51.9 Å². The second-order valence-electron chi connectivity index (χ2n) is 5.16. The van der Waals surface area contributed by atoms with E-state index in [2.05, 4.69) is 5.32 Å². The molecule has 1 aromatic carbocycles. The number of ether oxygens (including phenoxy) is 2. The summed E-state index contributed by atoms with van der Waals surface area (Å²) in [5.74, 6) is -0.272. The van der Waals surface area contributed by atoms with Crippen LogP contribution in [0.15, 0.2) is 30.3 Å². The third kappa shape index (κ3) is 4.29. The minimum absolute atomic E-state index is 0.237. The molecule has 2 rings (SSSR count). The molecule has 1 N–H and O–H groups in total. The summed E-state index contributed by atoms with van der Waals surface area (Å²) < 4.78 is 10.2. The molecule has 2 aromatic rings. The van der Waals surface area contributed by atoms with Gasteiger partial charge in [-0.25, -0.2) is 4.79 Å². The fraction of sp³-hybridized carbons (Fsp3) is 0.211. The van der Waals surface area contributed by atoms with Crippen LogP contribution < -0.4 is 10.1 Å². The number of thiophene rings is 1. The molecule has 0 unspecified atom stereocenters. The number of nitriles is 1. The predicted molar refractivity (Wildman–Crippen MR) is 100 cm³/mol. The van der Waals surface area contributed by atoms with Crippen molar-refractivity contribution in [3.63, 3.8) is 0 Å². The first kappa shape index (κ1) is 19.2. The van der Waals surface area contributed by atoms with Crippen molar-refractivity contribution in [2.45, 2.75) is 13.8 Å². The molecule has 0 saturated heterocycles. The third-order valence-corrected chi connectivity index (χ3v) is 4.70. The Morgan fingerprint density at radius 2 is 2.08 bits per heavy atom. The molecular weight excluding hydrogens is 352 g/mol. The van der Waals surface area contributed by atoms with Crippen molar-refractivity contribution in [1.82, 2.24) is 0 Å². The zero-order valence-corrected chi connectivity index (χ0v) is 15.5. The van der Waals surface area contributed by atoms with Crippen LogP contribution in [-0.2, 0) is 9.53 Å². The lowest BCUT2D eigenvalue weighted by molar-refractivity contribution is -0.111. The summed E-state index contributed by atoms with van der Waals surface area (Å²) in [6.45, 7) is 3.60. The summed E-state index contributed by atoms with van der Waals surface area (Å²) in [6.07, 6.45) is 2.96. The topological polar surface area (TPSA) is 88.4 Å². The average molecular weight is 370 g/mol. The highest BCUT2D eigenvalue weighted by atomic mass is 32.1. The van der Waals surface area contributed by atoms with Gasteiger partial charge in [-0.3, -0.25) is 4.79 Å². The first-order valence-electron chi connectivity index (χ1n) is 7.84. The number of amides is 1. The zero-order chi connectivity index (χ0) is 19.1. The van der Waals surface area contributed by atoms with Crippen LogP contribution in [-0.4, -0.2) is 25.6 Å². The standard InChI is InChI=1S/C19H18N2O4S/c1-4-25-19(23)17-12(2)14(11-20)18(26-17)21-16(22)10-9-13-7-5-6-8-15(13)24-3/h5-10H,4H2,1-3H3,(H,21,22)/b10-9+. The molecule has 1 aromatic heterocycles. The smallest absolute Gasteiger partial charge is 0.348 e. The SMILES string of the molecule is CCOC(=O)c1sc(NC(=O)/C=C/c2ccccc2OC)c(C#N)c1C. The van der Waals surface area contributed by atoms with Crippen LogP contribution in [0, 0.1) is 18.3 Å². The minimum atomic E-state index is -0.503. The van der Waals surface area contributed by atoms with E-state index in [1.165, 1.54) is 6.08 Å². The Morgan fingerprint density at radius 1 is 1.35 bits per heavy atom. The maximum atomic E-state index is 12.2. The molecule has 0 aliphatic carbocycles. The van der Waals surface area contributed by atoms with Gasteiger partial charge in [0.2, 0.25) is 5.91 Å².